The van der Waals surface area contributed by atoms with Gasteiger partial charge in [-0.2, -0.15) is 5.10 Å². The predicted molar refractivity (Wildman–Crippen MR) is 57.7 cm³/mol. The van der Waals surface area contributed by atoms with Gasteiger partial charge in [0.15, 0.2) is 14.9 Å². The van der Waals surface area contributed by atoms with Crippen molar-refractivity contribution in [2.75, 3.05) is 17.6 Å². The first-order valence-electron chi connectivity index (χ1n) is 4.92. The fourth-order valence-electron chi connectivity index (χ4n) is 1.99. The maximum atomic E-state index is 12.0. The van der Waals surface area contributed by atoms with Gasteiger partial charge >= 0.3 is 0 Å². The van der Waals surface area contributed by atoms with Crippen molar-refractivity contribution in [3.8, 4) is 0 Å². The van der Waals surface area contributed by atoms with E-state index in [1.165, 1.54) is 4.68 Å². The number of anilines is 1. The Bertz CT molecular complexity index is 490. The molecule has 2 rings (SSSR count). The second kappa shape index (κ2) is 3.23. The summed E-state index contributed by atoms with van der Waals surface area (Å²) in [6, 6.07) is 0. The van der Waals surface area contributed by atoms with Crippen LogP contribution in [0.25, 0.3) is 0 Å². The molecule has 0 fully saturated rings. The van der Waals surface area contributed by atoms with Crippen LogP contribution in [0.4, 0.5) is 5.69 Å². The second-order valence-corrected chi connectivity index (χ2v) is 6.11. The van der Waals surface area contributed by atoms with Crippen LogP contribution >= 0.6 is 0 Å². The molecule has 5 nitrogen and oxygen atoms in total. The molecule has 15 heavy (non-hydrogen) atoms. The van der Waals surface area contributed by atoms with E-state index in [4.69, 9.17) is 0 Å². The zero-order valence-electron chi connectivity index (χ0n) is 9.11. The number of aromatic nitrogens is 2. The number of hydrogen-bond donors (Lipinski definition) is 1. The predicted octanol–water partition coefficient (Wildman–Crippen LogP) is 0.564. The van der Waals surface area contributed by atoms with Gasteiger partial charge < -0.3 is 5.32 Å². The Hall–Kier alpha value is -1.04. The normalized spacial score (nSPS) is 24.1. The van der Waals surface area contributed by atoms with Gasteiger partial charge in [0.25, 0.3) is 0 Å². The van der Waals surface area contributed by atoms with Crippen molar-refractivity contribution in [1.82, 2.24) is 9.78 Å². The molecule has 1 aliphatic heterocycles. The van der Waals surface area contributed by atoms with Crippen LogP contribution in [0, 0.1) is 12.8 Å². The van der Waals surface area contributed by atoms with Crippen molar-refractivity contribution in [3.05, 3.63) is 5.69 Å². The summed E-state index contributed by atoms with van der Waals surface area (Å²) >= 11 is 0. The zero-order valence-corrected chi connectivity index (χ0v) is 9.93. The Balaban J connectivity index is 2.66. The molecule has 0 radical (unpaired) electrons. The molecule has 0 bridgehead atoms. The largest absolute Gasteiger partial charge is 0.381 e. The van der Waals surface area contributed by atoms with Crippen LogP contribution in [0.15, 0.2) is 5.03 Å². The molecule has 0 saturated heterocycles. The Morgan fingerprint density at radius 2 is 2.20 bits per heavy atom. The van der Waals surface area contributed by atoms with Crippen LogP contribution < -0.4 is 5.32 Å². The lowest BCUT2D eigenvalue weighted by Crippen LogP contribution is -2.17. The summed E-state index contributed by atoms with van der Waals surface area (Å²) in [6.45, 7) is 4.43. The van der Waals surface area contributed by atoms with Gasteiger partial charge in [-0.1, -0.05) is 6.92 Å². The van der Waals surface area contributed by atoms with Crippen molar-refractivity contribution in [1.29, 1.82) is 0 Å². The maximum Gasteiger partial charge on any atom is 0.197 e. The highest BCUT2D eigenvalue weighted by Crippen LogP contribution is 2.29. The van der Waals surface area contributed by atoms with E-state index in [1.54, 1.807) is 7.05 Å². The Labute approximate surface area is 89.4 Å². The molecule has 84 valence electrons. The molecular formula is C9H15N3O2S. The Morgan fingerprint density at radius 1 is 1.53 bits per heavy atom. The lowest BCUT2D eigenvalue weighted by Gasteiger charge is -2.06. The highest BCUT2D eigenvalue weighted by molar-refractivity contribution is 7.91. The zero-order chi connectivity index (χ0) is 11.2. The summed E-state index contributed by atoms with van der Waals surface area (Å²) in [7, 11) is -1.53. The average Bonchev–Trinajstić information content (AvgIpc) is 2.29. The van der Waals surface area contributed by atoms with E-state index < -0.39 is 9.84 Å². The number of nitrogens with one attached hydrogen (secondary N) is 1. The number of hydrogen-bond acceptors (Lipinski definition) is 4. The van der Waals surface area contributed by atoms with E-state index in [0.29, 0.717) is 17.3 Å². The van der Waals surface area contributed by atoms with Crippen molar-refractivity contribution in [3.63, 3.8) is 0 Å². The fourth-order valence-corrected chi connectivity index (χ4v) is 3.99. The molecule has 0 aliphatic carbocycles. The van der Waals surface area contributed by atoms with Crippen LogP contribution in [0.2, 0.25) is 0 Å². The molecule has 6 heteroatoms. The summed E-state index contributed by atoms with van der Waals surface area (Å²) in [5.74, 6) is 0.313. The lowest BCUT2D eigenvalue weighted by atomic mass is 10.2. The van der Waals surface area contributed by atoms with Crippen LogP contribution in [-0.2, 0) is 16.9 Å². The van der Waals surface area contributed by atoms with Gasteiger partial charge in [0.1, 0.15) is 0 Å². The third-order valence-corrected chi connectivity index (χ3v) is 4.66. The van der Waals surface area contributed by atoms with Crippen LogP contribution in [0.5, 0.6) is 0 Å². The van der Waals surface area contributed by atoms with Crippen LogP contribution in [0.1, 0.15) is 12.6 Å². The van der Waals surface area contributed by atoms with Gasteiger partial charge in [-0.3, -0.25) is 4.68 Å². The first-order valence-corrected chi connectivity index (χ1v) is 6.57. The van der Waals surface area contributed by atoms with Crippen molar-refractivity contribution in [2.45, 2.75) is 18.9 Å². The van der Waals surface area contributed by atoms with Gasteiger partial charge in [-0.05, 0) is 12.8 Å². The molecule has 0 saturated carbocycles. The quantitative estimate of drug-likeness (QED) is 0.706. The smallest absolute Gasteiger partial charge is 0.197 e. The fraction of sp³-hybridized carbons (Fsp3) is 0.667. The molecule has 1 aromatic heterocycles. The first kappa shape index (κ1) is 10.5. The second-order valence-electron chi connectivity index (χ2n) is 4.16. The minimum atomic E-state index is -3.20. The summed E-state index contributed by atoms with van der Waals surface area (Å²) in [4.78, 5) is 0. The van der Waals surface area contributed by atoms with Gasteiger partial charge in [-0.25, -0.2) is 8.42 Å². The molecule has 0 spiro atoms. The molecule has 1 atom stereocenters. The molecule has 1 aliphatic rings. The van der Waals surface area contributed by atoms with Crippen LogP contribution in [-0.4, -0.2) is 30.5 Å². The maximum absolute atomic E-state index is 12.0. The van der Waals surface area contributed by atoms with Gasteiger partial charge in [0, 0.05) is 13.6 Å². The Kier molecular flexibility index (Phi) is 2.26. The number of fused-ring (bicyclic) bond motifs is 1. The van der Waals surface area contributed by atoms with Crippen molar-refractivity contribution in [2.24, 2.45) is 13.0 Å². The topological polar surface area (TPSA) is 64.0 Å². The van der Waals surface area contributed by atoms with Crippen LogP contribution in [0.3, 0.4) is 0 Å². The highest BCUT2D eigenvalue weighted by atomic mass is 32.2. The van der Waals surface area contributed by atoms with E-state index in [2.05, 4.69) is 10.4 Å². The van der Waals surface area contributed by atoms with Crippen molar-refractivity contribution < 1.29 is 8.42 Å². The van der Waals surface area contributed by atoms with E-state index in [9.17, 15) is 8.42 Å². The molecular weight excluding hydrogens is 214 g/mol. The lowest BCUT2D eigenvalue weighted by molar-refractivity contribution is 0.566. The van der Waals surface area contributed by atoms with E-state index in [1.807, 2.05) is 13.8 Å². The molecule has 2 heterocycles. The van der Waals surface area contributed by atoms with E-state index >= 15 is 0 Å². The van der Waals surface area contributed by atoms with Crippen molar-refractivity contribution >= 4 is 15.5 Å². The van der Waals surface area contributed by atoms with Gasteiger partial charge in [-0.15, -0.1) is 0 Å². The number of sulfone groups is 1. The Morgan fingerprint density at radius 3 is 2.87 bits per heavy atom. The molecule has 0 aromatic carbocycles. The third kappa shape index (κ3) is 1.62. The molecule has 1 N–H and O–H groups in total. The van der Waals surface area contributed by atoms with Gasteiger partial charge in [0.05, 0.1) is 17.1 Å². The SMILES string of the molecule is Cc1nn(C)c2c1NCC(C)CS2(=O)=O. The molecule has 0 amide bonds. The molecule has 1 unspecified atom stereocenters. The summed E-state index contributed by atoms with van der Waals surface area (Å²) in [6.07, 6.45) is 0. The number of aryl methyl sites for hydroxylation is 2. The minimum absolute atomic E-state index is 0.127. The van der Waals surface area contributed by atoms with Gasteiger partial charge in [0.2, 0.25) is 0 Å². The summed E-state index contributed by atoms with van der Waals surface area (Å²) in [5, 5.41) is 7.61. The third-order valence-electron chi connectivity index (χ3n) is 2.60. The van der Waals surface area contributed by atoms with E-state index in [0.717, 1.165) is 5.69 Å². The number of rotatable bonds is 0. The molecule has 1 aromatic rings. The standard InChI is InChI=1S/C9H15N3O2S/c1-6-4-10-8-7(2)11-12(3)9(8)15(13,14)5-6/h6,10H,4-5H2,1-3H3. The van der Waals surface area contributed by atoms with E-state index in [-0.39, 0.29) is 11.7 Å². The number of nitrogens with zero attached hydrogens (tertiary/aromatic N) is 2. The highest BCUT2D eigenvalue weighted by Gasteiger charge is 2.30. The average molecular weight is 229 g/mol. The monoisotopic (exact) mass is 229 g/mol. The minimum Gasteiger partial charge on any atom is -0.381 e. The summed E-state index contributed by atoms with van der Waals surface area (Å²) < 4.78 is 25.5. The summed E-state index contributed by atoms with van der Waals surface area (Å²) in [5.41, 5.74) is 1.41. The first-order chi connectivity index (χ1) is 6.92.